The fraction of sp³-hybridized carbons (Fsp3) is 0.154. The zero-order valence-electron chi connectivity index (χ0n) is 17.4. The highest BCUT2D eigenvalue weighted by atomic mass is 35.5. The van der Waals surface area contributed by atoms with Crippen molar-refractivity contribution in [3.63, 3.8) is 0 Å². The lowest BCUT2D eigenvalue weighted by molar-refractivity contribution is -0.127. The largest absolute Gasteiger partial charge is 0.480 e. The number of halogens is 1. The van der Waals surface area contributed by atoms with Gasteiger partial charge in [-0.3, -0.25) is 9.48 Å². The van der Waals surface area contributed by atoms with E-state index in [-0.39, 0.29) is 5.91 Å². The Hall–Kier alpha value is -3.57. The van der Waals surface area contributed by atoms with Crippen LogP contribution >= 0.6 is 11.6 Å². The van der Waals surface area contributed by atoms with Crippen LogP contribution in [0.25, 0.3) is 11.3 Å². The number of nitrogens with zero attached hydrogens (tertiary/aromatic N) is 2. The molecule has 1 aliphatic rings. The van der Waals surface area contributed by atoms with Gasteiger partial charge < -0.3 is 10.1 Å². The van der Waals surface area contributed by atoms with Crippen LogP contribution in [0.1, 0.15) is 16.7 Å². The number of amides is 1. The molecule has 3 aromatic carbocycles. The lowest BCUT2D eigenvalue weighted by atomic mass is 10.1. The molecule has 5 rings (SSSR count). The number of ether oxygens (including phenoxy) is 1. The van der Waals surface area contributed by atoms with Crippen molar-refractivity contribution < 1.29 is 9.53 Å². The van der Waals surface area contributed by atoms with Crippen LogP contribution in [-0.4, -0.2) is 21.8 Å². The third kappa shape index (κ3) is 4.39. The van der Waals surface area contributed by atoms with Crippen LogP contribution in [-0.2, 0) is 24.3 Å². The molecule has 6 heteroatoms. The fourth-order valence-electron chi connectivity index (χ4n) is 3.94. The highest BCUT2D eigenvalue weighted by molar-refractivity contribution is 6.30. The number of hydrogen-bond acceptors (Lipinski definition) is 3. The molecule has 1 amide bonds. The molecule has 2 heterocycles. The number of aromatic nitrogens is 2. The van der Waals surface area contributed by atoms with Crippen molar-refractivity contribution in [3.8, 4) is 17.0 Å². The first kappa shape index (κ1) is 20.3. The van der Waals surface area contributed by atoms with E-state index in [1.165, 1.54) is 5.56 Å². The van der Waals surface area contributed by atoms with Crippen LogP contribution in [0.15, 0.2) is 85.1 Å². The Balaban J connectivity index is 1.33. The van der Waals surface area contributed by atoms with Crippen LogP contribution in [0.4, 0.5) is 0 Å². The van der Waals surface area contributed by atoms with Gasteiger partial charge in [0.15, 0.2) is 6.10 Å². The maximum Gasteiger partial charge on any atom is 0.261 e. The van der Waals surface area contributed by atoms with Crippen molar-refractivity contribution >= 4 is 17.5 Å². The van der Waals surface area contributed by atoms with Crippen LogP contribution in [0, 0.1) is 0 Å². The number of benzene rings is 3. The minimum Gasteiger partial charge on any atom is -0.480 e. The Morgan fingerprint density at radius 2 is 1.81 bits per heavy atom. The van der Waals surface area contributed by atoms with Gasteiger partial charge in [0.05, 0.1) is 12.2 Å². The lowest BCUT2D eigenvalue weighted by Gasteiger charge is -2.11. The molecule has 0 bridgehead atoms. The smallest absolute Gasteiger partial charge is 0.261 e. The summed E-state index contributed by atoms with van der Waals surface area (Å²) in [4.78, 5) is 12.8. The maximum atomic E-state index is 12.8. The van der Waals surface area contributed by atoms with Gasteiger partial charge in [0.25, 0.3) is 5.91 Å². The van der Waals surface area contributed by atoms with E-state index in [0.717, 1.165) is 28.1 Å². The van der Waals surface area contributed by atoms with Crippen molar-refractivity contribution in [1.29, 1.82) is 0 Å². The van der Waals surface area contributed by atoms with Gasteiger partial charge in [0.1, 0.15) is 5.75 Å². The summed E-state index contributed by atoms with van der Waals surface area (Å²) in [6, 6.07) is 25.6. The number of carbonyl (C=O) groups is 1. The number of carbonyl (C=O) groups excluding carboxylic acids is 1. The predicted octanol–water partition coefficient (Wildman–Crippen LogP) is 4.87. The average molecular weight is 444 g/mol. The Kier molecular flexibility index (Phi) is 5.65. The van der Waals surface area contributed by atoms with Crippen LogP contribution in [0.5, 0.6) is 5.75 Å². The summed E-state index contributed by atoms with van der Waals surface area (Å²) >= 11 is 6.06. The van der Waals surface area contributed by atoms with Crippen molar-refractivity contribution in [2.75, 3.05) is 0 Å². The van der Waals surface area contributed by atoms with Gasteiger partial charge in [-0.25, -0.2) is 0 Å². The molecule has 0 spiro atoms. The summed E-state index contributed by atoms with van der Waals surface area (Å²) in [5.74, 6) is 0.572. The quantitative estimate of drug-likeness (QED) is 0.462. The lowest BCUT2D eigenvalue weighted by Crippen LogP contribution is -2.37. The van der Waals surface area contributed by atoms with Crippen molar-refractivity contribution in [1.82, 2.24) is 15.1 Å². The van der Waals surface area contributed by atoms with Gasteiger partial charge in [-0.1, -0.05) is 72.3 Å². The van der Waals surface area contributed by atoms with Crippen LogP contribution < -0.4 is 10.1 Å². The third-order valence-electron chi connectivity index (χ3n) is 5.51. The fourth-order valence-corrected chi connectivity index (χ4v) is 4.14. The first-order valence-corrected chi connectivity index (χ1v) is 10.9. The number of nitrogens with one attached hydrogen (secondary N) is 1. The molecule has 1 aliphatic heterocycles. The second-order valence-corrected chi connectivity index (χ2v) is 8.27. The molecule has 1 atom stereocenters. The summed E-state index contributed by atoms with van der Waals surface area (Å²) in [5, 5.41) is 8.49. The van der Waals surface area contributed by atoms with Crippen LogP contribution in [0.3, 0.4) is 0 Å². The topological polar surface area (TPSA) is 56.2 Å². The highest BCUT2D eigenvalue weighted by Crippen LogP contribution is 2.31. The van der Waals surface area contributed by atoms with Gasteiger partial charge >= 0.3 is 0 Å². The van der Waals surface area contributed by atoms with Gasteiger partial charge in [-0.15, -0.1) is 0 Å². The van der Waals surface area contributed by atoms with E-state index in [1.54, 1.807) is 6.07 Å². The summed E-state index contributed by atoms with van der Waals surface area (Å²) in [7, 11) is 0. The molecular weight excluding hydrogens is 422 g/mol. The summed E-state index contributed by atoms with van der Waals surface area (Å²) in [6.07, 6.45) is 1.96. The Labute approximate surface area is 191 Å². The van der Waals surface area contributed by atoms with Crippen LogP contribution in [0.2, 0.25) is 5.02 Å². The second-order valence-electron chi connectivity index (χ2n) is 7.83. The molecule has 1 unspecified atom stereocenters. The van der Waals surface area contributed by atoms with Gasteiger partial charge in [-0.2, -0.15) is 5.10 Å². The minimum absolute atomic E-state index is 0.146. The Morgan fingerprint density at radius 1 is 1.06 bits per heavy atom. The molecule has 1 N–H and O–H groups in total. The zero-order valence-corrected chi connectivity index (χ0v) is 18.1. The molecule has 32 heavy (non-hydrogen) atoms. The molecule has 160 valence electrons. The summed E-state index contributed by atoms with van der Waals surface area (Å²) < 4.78 is 7.74. The van der Waals surface area contributed by atoms with E-state index in [9.17, 15) is 4.79 Å². The standard InChI is InChI=1S/C26H22ClN3O2/c27-22-11-12-23-20(13-22)14-24(32-23)26(31)28-15-21-17-30(16-18-7-3-1-4-8-18)29-25(21)19-9-5-2-6-10-19/h1-13,17,24H,14-16H2,(H,28,31). The van der Waals surface area contributed by atoms with E-state index in [0.29, 0.717) is 24.5 Å². The zero-order chi connectivity index (χ0) is 21.9. The van der Waals surface area contributed by atoms with Crippen molar-refractivity contribution in [2.24, 2.45) is 0 Å². The number of rotatable bonds is 6. The van der Waals surface area contributed by atoms with Crippen molar-refractivity contribution in [3.05, 3.63) is 107 Å². The Morgan fingerprint density at radius 3 is 2.59 bits per heavy atom. The number of fused-ring (bicyclic) bond motifs is 1. The molecule has 5 nitrogen and oxygen atoms in total. The molecule has 0 aliphatic carbocycles. The molecule has 0 saturated carbocycles. The second kappa shape index (κ2) is 8.89. The third-order valence-corrected chi connectivity index (χ3v) is 5.75. The van der Waals surface area contributed by atoms with E-state index in [4.69, 9.17) is 21.4 Å². The van der Waals surface area contributed by atoms with E-state index in [2.05, 4.69) is 17.4 Å². The molecule has 0 radical (unpaired) electrons. The summed E-state index contributed by atoms with van der Waals surface area (Å²) in [6.45, 7) is 1.03. The monoisotopic (exact) mass is 443 g/mol. The van der Waals surface area contributed by atoms with E-state index >= 15 is 0 Å². The summed E-state index contributed by atoms with van der Waals surface area (Å²) in [5.41, 5.74) is 4.96. The van der Waals surface area contributed by atoms with E-state index < -0.39 is 6.10 Å². The average Bonchev–Trinajstić information content (AvgIpc) is 3.42. The highest BCUT2D eigenvalue weighted by Gasteiger charge is 2.29. The van der Waals surface area contributed by atoms with Gasteiger partial charge in [0, 0.05) is 35.3 Å². The SMILES string of the molecule is O=C(NCc1cn(Cc2ccccc2)nc1-c1ccccc1)C1Cc2cc(Cl)ccc2O1. The number of hydrogen-bond donors (Lipinski definition) is 1. The van der Waals surface area contributed by atoms with Gasteiger partial charge in [0.2, 0.25) is 0 Å². The first-order chi connectivity index (χ1) is 15.7. The molecule has 0 fully saturated rings. The minimum atomic E-state index is -0.553. The van der Waals surface area contributed by atoms with E-state index in [1.807, 2.05) is 71.5 Å². The normalized spacial score (nSPS) is 14.6. The van der Waals surface area contributed by atoms with Crippen molar-refractivity contribution in [2.45, 2.75) is 25.6 Å². The molecule has 1 aromatic heterocycles. The molecule has 4 aromatic rings. The maximum absolute atomic E-state index is 12.8. The first-order valence-electron chi connectivity index (χ1n) is 10.5. The Bertz CT molecular complexity index is 1240. The molecular formula is C26H22ClN3O2. The predicted molar refractivity (Wildman–Crippen MR) is 125 cm³/mol. The molecule has 0 saturated heterocycles. The van der Waals surface area contributed by atoms with Gasteiger partial charge in [-0.05, 0) is 29.3 Å².